The fraction of sp³-hybridized carbons (Fsp3) is 0.647. The van der Waals surface area contributed by atoms with Crippen molar-refractivity contribution in [1.29, 1.82) is 0 Å². The van der Waals surface area contributed by atoms with Gasteiger partial charge in [-0.1, -0.05) is 44.4 Å². The van der Waals surface area contributed by atoms with E-state index in [4.69, 9.17) is 11.6 Å². The summed E-state index contributed by atoms with van der Waals surface area (Å²) >= 11 is 6.37. The Morgan fingerprint density at radius 3 is 2.40 bits per heavy atom. The molecule has 0 aromatic heterocycles. The first-order valence-electron chi connectivity index (χ1n) is 7.82. The van der Waals surface area contributed by atoms with Crippen molar-refractivity contribution < 1.29 is 0 Å². The summed E-state index contributed by atoms with van der Waals surface area (Å²) in [6, 6.07) is 6.27. The van der Waals surface area contributed by atoms with E-state index >= 15 is 0 Å². The van der Waals surface area contributed by atoms with Gasteiger partial charge in [-0.3, -0.25) is 0 Å². The SMILES string of the molecule is CCC1(CC)CCN(c2cccc(Cl)c2CNC)CC1. The van der Waals surface area contributed by atoms with Crippen molar-refractivity contribution in [3.05, 3.63) is 28.8 Å². The van der Waals surface area contributed by atoms with Crippen LogP contribution in [0, 0.1) is 5.41 Å². The summed E-state index contributed by atoms with van der Waals surface area (Å²) in [5.74, 6) is 0. The molecular weight excluding hydrogens is 268 g/mol. The molecule has 0 unspecified atom stereocenters. The maximum atomic E-state index is 6.37. The minimum atomic E-state index is 0.568. The molecule has 0 saturated carbocycles. The molecule has 20 heavy (non-hydrogen) atoms. The minimum absolute atomic E-state index is 0.568. The topological polar surface area (TPSA) is 15.3 Å². The first-order chi connectivity index (χ1) is 9.65. The summed E-state index contributed by atoms with van der Waals surface area (Å²) in [6.07, 6.45) is 5.20. The zero-order valence-corrected chi connectivity index (χ0v) is 13.8. The zero-order chi connectivity index (χ0) is 14.6. The number of anilines is 1. The highest BCUT2D eigenvalue weighted by Gasteiger charge is 2.31. The fourth-order valence-electron chi connectivity index (χ4n) is 3.37. The Bertz CT molecular complexity index is 431. The van der Waals surface area contributed by atoms with Crippen molar-refractivity contribution in [3.63, 3.8) is 0 Å². The minimum Gasteiger partial charge on any atom is -0.371 e. The van der Waals surface area contributed by atoms with E-state index in [2.05, 4.69) is 36.2 Å². The van der Waals surface area contributed by atoms with Crippen molar-refractivity contribution in [1.82, 2.24) is 5.32 Å². The maximum Gasteiger partial charge on any atom is 0.0471 e. The van der Waals surface area contributed by atoms with Crippen molar-refractivity contribution in [2.45, 2.75) is 46.1 Å². The van der Waals surface area contributed by atoms with Crippen LogP contribution in [-0.4, -0.2) is 20.1 Å². The molecule has 2 nitrogen and oxygen atoms in total. The van der Waals surface area contributed by atoms with Crippen LogP contribution in [0.4, 0.5) is 5.69 Å². The van der Waals surface area contributed by atoms with Crippen LogP contribution in [0.1, 0.15) is 45.1 Å². The lowest BCUT2D eigenvalue weighted by molar-refractivity contribution is 0.199. The van der Waals surface area contributed by atoms with Gasteiger partial charge in [0.15, 0.2) is 0 Å². The first-order valence-corrected chi connectivity index (χ1v) is 8.20. The highest BCUT2D eigenvalue weighted by atomic mass is 35.5. The lowest BCUT2D eigenvalue weighted by atomic mass is 9.74. The molecule has 1 saturated heterocycles. The van der Waals surface area contributed by atoms with Crippen LogP contribution in [0.2, 0.25) is 5.02 Å². The van der Waals surface area contributed by atoms with Gasteiger partial charge in [0, 0.05) is 35.9 Å². The molecule has 1 fully saturated rings. The molecule has 1 aromatic rings. The molecule has 3 heteroatoms. The van der Waals surface area contributed by atoms with Crippen molar-refractivity contribution in [2.75, 3.05) is 25.0 Å². The van der Waals surface area contributed by atoms with E-state index in [1.54, 1.807) is 0 Å². The van der Waals surface area contributed by atoms with E-state index in [1.165, 1.54) is 36.9 Å². The molecule has 0 aliphatic carbocycles. The molecule has 0 atom stereocenters. The summed E-state index contributed by atoms with van der Waals surface area (Å²) < 4.78 is 0. The van der Waals surface area contributed by atoms with Gasteiger partial charge in [-0.25, -0.2) is 0 Å². The van der Waals surface area contributed by atoms with Gasteiger partial charge in [-0.05, 0) is 37.4 Å². The third kappa shape index (κ3) is 3.12. The van der Waals surface area contributed by atoms with Gasteiger partial charge in [0.2, 0.25) is 0 Å². The third-order valence-corrected chi connectivity index (χ3v) is 5.47. The van der Waals surface area contributed by atoms with Gasteiger partial charge in [0.1, 0.15) is 0 Å². The molecule has 0 amide bonds. The molecule has 1 aromatic carbocycles. The highest BCUT2D eigenvalue weighted by Crippen LogP contribution is 2.40. The number of hydrogen-bond acceptors (Lipinski definition) is 2. The van der Waals surface area contributed by atoms with Crippen LogP contribution in [0.3, 0.4) is 0 Å². The lowest BCUT2D eigenvalue weighted by Crippen LogP contribution is -2.40. The molecule has 0 radical (unpaired) electrons. The number of hydrogen-bond donors (Lipinski definition) is 1. The van der Waals surface area contributed by atoms with E-state index in [0.29, 0.717) is 5.41 Å². The molecule has 1 aliphatic rings. The zero-order valence-electron chi connectivity index (χ0n) is 13.0. The van der Waals surface area contributed by atoms with Crippen molar-refractivity contribution in [2.24, 2.45) is 5.41 Å². The van der Waals surface area contributed by atoms with Gasteiger partial charge >= 0.3 is 0 Å². The van der Waals surface area contributed by atoms with Gasteiger partial charge in [0.25, 0.3) is 0 Å². The number of nitrogens with zero attached hydrogens (tertiary/aromatic N) is 1. The summed E-state index contributed by atoms with van der Waals surface area (Å²) in [6.45, 7) is 7.81. The summed E-state index contributed by atoms with van der Waals surface area (Å²) in [4.78, 5) is 2.52. The third-order valence-electron chi connectivity index (χ3n) is 5.11. The molecule has 0 spiro atoms. The molecule has 1 heterocycles. The predicted molar refractivity (Wildman–Crippen MR) is 88.7 cm³/mol. The largest absolute Gasteiger partial charge is 0.371 e. The first kappa shape index (κ1) is 15.7. The van der Waals surface area contributed by atoms with Gasteiger partial charge < -0.3 is 10.2 Å². The van der Waals surface area contributed by atoms with Crippen LogP contribution in [0.25, 0.3) is 0 Å². The number of nitrogens with one attached hydrogen (secondary N) is 1. The molecule has 1 aliphatic heterocycles. The number of rotatable bonds is 5. The van der Waals surface area contributed by atoms with E-state index < -0.39 is 0 Å². The summed E-state index contributed by atoms with van der Waals surface area (Å²) in [5.41, 5.74) is 3.11. The summed E-state index contributed by atoms with van der Waals surface area (Å²) in [5, 5.41) is 4.11. The van der Waals surface area contributed by atoms with Crippen LogP contribution in [0.5, 0.6) is 0 Å². The Morgan fingerprint density at radius 1 is 1.20 bits per heavy atom. The average molecular weight is 295 g/mol. The van der Waals surface area contributed by atoms with E-state index in [-0.39, 0.29) is 0 Å². The Balaban J connectivity index is 2.16. The fourth-order valence-corrected chi connectivity index (χ4v) is 3.61. The maximum absolute atomic E-state index is 6.37. The quantitative estimate of drug-likeness (QED) is 0.862. The Kier molecular flexibility index (Phi) is 5.34. The average Bonchev–Trinajstić information content (AvgIpc) is 2.50. The van der Waals surface area contributed by atoms with Crippen molar-refractivity contribution >= 4 is 17.3 Å². The Labute approximate surface area is 128 Å². The van der Waals surface area contributed by atoms with Gasteiger partial charge in [-0.15, -0.1) is 0 Å². The van der Waals surface area contributed by atoms with E-state index in [0.717, 1.165) is 24.7 Å². The molecule has 0 bridgehead atoms. The van der Waals surface area contributed by atoms with Gasteiger partial charge in [-0.2, -0.15) is 0 Å². The molecule has 112 valence electrons. The number of halogens is 1. The second kappa shape index (κ2) is 6.82. The van der Waals surface area contributed by atoms with Gasteiger partial charge in [0.05, 0.1) is 0 Å². The van der Waals surface area contributed by atoms with Crippen molar-refractivity contribution in [3.8, 4) is 0 Å². The van der Waals surface area contributed by atoms with E-state index in [9.17, 15) is 0 Å². The monoisotopic (exact) mass is 294 g/mol. The molecular formula is C17H27ClN2. The standard InChI is InChI=1S/C17H27ClN2/c1-4-17(5-2)9-11-20(12-10-17)16-8-6-7-15(18)14(16)13-19-3/h6-8,19H,4-5,9-13H2,1-3H3. The second-order valence-electron chi connectivity index (χ2n) is 5.96. The van der Waals surface area contributed by atoms with Crippen LogP contribution in [0.15, 0.2) is 18.2 Å². The van der Waals surface area contributed by atoms with E-state index in [1.807, 2.05) is 13.1 Å². The summed E-state index contributed by atoms with van der Waals surface area (Å²) in [7, 11) is 1.97. The smallest absolute Gasteiger partial charge is 0.0471 e. The normalized spacial score (nSPS) is 18.3. The van der Waals surface area contributed by atoms with Crippen LogP contribution in [-0.2, 0) is 6.54 Å². The molecule has 2 rings (SSSR count). The Hall–Kier alpha value is -0.730. The number of benzene rings is 1. The Morgan fingerprint density at radius 2 is 1.85 bits per heavy atom. The second-order valence-corrected chi connectivity index (χ2v) is 6.37. The molecule has 1 N–H and O–H groups in total. The van der Waals surface area contributed by atoms with Crippen LogP contribution < -0.4 is 10.2 Å². The van der Waals surface area contributed by atoms with Crippen LogP contribution >= 0.6 is 11.6 Å². The predicted octanol–water partition coefficient (Wildman–Crippen LogP) is 4.47. The lowest BCUT2D eigenvalue weighted by Gasteiger charge is -2.42. The number of piperidine rings is 1. The highest BCUT2D eigenvalue weighted by molar-refractivity contribution is 6.31.